The fraction of sp³-hybridized carbons (Fsp3) is 0.250. The van der Waals surface area contributed by atoms with Crippen molar-refractivity contribution in [3.05, 3.63) is 75.9 Å². The van der Waals surface area contributed by atoms with Crippen molar-refractivity contribution in [1.82, 2.24) is 5.32 Å². The molecule has 40 heavy (non-hydrogen) atoms. The Hall–Kier alpha value is -4.02. The van der Waals surface area contributed by atoms with E-state index in [9.17, 15) is 34.1 Å². The van der Waals surface area contributed by atoms with Gasteiger partial charge in [-0.1, -0.05) is 18.9 Å². The molecule has 1 aliphatic carbocycles. The second-order valence-corrected chi connectivity index (χ2v) is 10.6. The lowest BCUT2D eigenvalue weighted by atomic mass is 9.87. The lowest BCUT2D eigenvalue weighted by Crippen LogP contribution is -2.25. The normalized spacial score (nSPS) is 12.8. The number of aromatic hydroxyl groups is 1. The summed E-state index contributed by atoms with van der Waals surface area (Å²) >= 11 is 0. The van der Waals surface area contributed by atoms with Crippen molar-refractivity contribution in [2.24, 2.45) is 0 Å². The van der Waals surface area contributed by atoms with Crippen LogP contribution in [0.1, 0.15) is 46.4 Å². The van der Waals surface area contributed by atoms with Crippen LogP contribution in [0.15, 0.2) is 63.8 Å². The van der Waals surface area contributed by atoms with Gasteiger partial charge in [-0.3, -0.25) is 18.6 Å². The number of rotatable bonds is 12. The molecule has 1 unspecified atom stereocenters. The van der Waals surface area contributed by atoms with Crippen molar-refractivity contribution in [1.29, 1.82) is 0 Å². The molecular formula is C28H28NO10P. The van der Waals surface area contributed by atoms with Gasteiger partial charge in [0, 0.05) is 53.4 Å². The van der Waals surface area contributed by atoms with Crippen molar-refractivity contribution in [2.45, 2.75) is 25.7 Å². The summed E-state index contributed by atoms with van der Waals surface area (Å²) in [7, 11) is -2.90. The molecule has 0 saturated heterocycles. The minimum absolute atomic E-state index is 0.0657. The molecule has 2 aromatic carbocycles. The zero-order valence-corrected chi connectivity index (χ0v) is 22.5. The summed E-state index contributed by atoms with van der Waals surface area (Å²) in [6, 6.07) is 12.9. The SMILES string of the molecule is COP(=O)(O)OCCCCCCNC(=O)c1cccc(C(=O)O)c1-c1c2ccc(=O)cc-2oc2cc(O)ccc12. The maximum atomic E-state index is 13.4. The number of carbonyl (C=O) groups excluding carboxylic acids is 1. The first-order valence-electron chi connectivity index (χ1n) is 12.5. The number of phenols is 1. The number of hydrogen-bond donors (Lipinski definition) is 4. The van der Waals surface area contributed by atoms with Gasteiger partial charge in [-0.25, -0.2) is 9.36 Å². The van der Waals surface area contributed by atoms with E-state index in [0.29, 0.717) is 48.7 Å². The van der Waals surface area contributed by atoms with Gasteiger partial charge in [0.2, 0.25) is 0 Å². The highest BCUT2D eigenvalue weighted by Crippen LogP contribution is 2.43. The first-order valence-corrected chi connectivity index (χ1v) is 14.0. The lowest BCUT2D eigenvalue weighted by Gasteiger charge is -2.19. The molecule has 1 amide bonds. The van der Waals surface area contributed by atoms with E-state index in [2.05, 4.69) is 9.84 Å². The highest BCUT2D eigenvalue weighted by molar-refractivity contribution is 7.47. The van der Waals surface area contributed by atoms with E-state index in [1.807, 2.05) is 0 Å². The number of carboxylic acids is 1. The summed E-state index contributed by atoms with van der Waals surface area (Å²) in [5.74, 6) is -1.63. The number of phosphoric ester groups is 1. The van der Waals surface area contributed by atoms with Crippen molar-refractivity contribution < 1.29 is 42.7 Å². The van der Waals surface area contributed by atoms with Crippen LogP contribution in [0, 0.1) is 0 Å². The van der Waals surface area contributed by atoms with Gasteiger partial charge in [0.25, 0.3) is 5.91 Å². The molecule has 2 aliphatic rings. The third kappa shape index (κ3) is 6.57. The van der Waals surface area contributed by atoms with E-state index in [1.54, 1.807) is 6.07 Å². The van der Waals surface area contributed by atoms with Gasteiger partial charge in [0.15, 0.2) is 5.43 Å². The summed E-state index contributed by atoms with van der Waals surface area (Å²) in [6.45, 7) is 0.377. The Morgan fingerprint density at radius 2 is 1.73 bits per heavy atom. The first kappa shape index (κ1) is 29.0. The standard InChI is InChI=1S/C28H28NO10P/c1-37-40(35,36)38-14-5-3-2-4-13-29-27(32)21-7-6-8-22(28(33)34)26(21)25-19-11-9-17(30)15-23(19)39-24-16-18(31)10-12-20(24)25/h6-12,15-16,30H,2-5,13-14H2,1H3,(H,29,32)(H,33,34)(H,35,36). The Morgan fingerprint density at radius 3 is 2.48 bits per heavy atom. The molecular weight excluding hydrogens is 541 g/mol. The van der Waals surface area contributed by atoms with Crippen molar-refractivity contribution in [3.8, 4) is 28.2 Å². The molecule has 0 bridgehead atoms. The molecule has 11 nitrogen and oxygen atoms in total. The van der Waals surface area contributed by atoms with Crippen LogP contribution in [0.4, 0.5) is 0 Å². The van der Waals surface area contributed by atoms with Gasteiger partial charge in [-0.2, -0.15) is 0 Å². The van der Waals surface area contributed by atoms with Crippen LogP contribution in [0.25, 0.3) is 33.4 Å². The summed E-state index contributed by atoms with van der Waals surface area (Å²) in [6.07, 6.45) is 2.55. The van der Waals surface area contributed by atoms with E-state index in [0.717, 1.165) is 7.11 Å². The highest BCUT2D eigenvalue weighted by Gasteiger charge is 2.26. The number of fused-ring (bicyclic) bond motifs is 2. The molecule has 4 rings (SSSR count). The summed E-state index contributed by atoms with van der Waals surface area (Å²) in [5.41, 5.74) is 0.887. The fourth-order valence-corrected chi connectivity index (χ4v) is 4.89. The van der Waals surface area contributed by atoms with E-state index >= 15 is 0 Å². The second kappa shape index (κ2) is 12.4. The average Bonchev–Trinajstić information content (AvgIpc) is 2.92. The average molecular weight is 570 g/mol. The third-order valence-electron chi connectivity index (χ3n) is 6.31. The molecule has 0 aromatic heterocycles. The molecule has 0 radical (unpaired) electrons. The van der Waals surface area contributed by atoms with Gasteiger partial charge < -0.3 is 24.8 Å². The number of hydrogen-bond acceptors (Lipinski definition) is 8. The number of benzene rings is 3. The van der Waals surface area contributed by atoms with Crippen molar-refractivity contribution in [3.63, 3.8) is 0 Å². The molecule has 0 spiro atoms. The number of unbranched alkanes of at least 4 members (excludes halogenated alkanes) is 3. The molecule has 1 aliphatic heterocycles. The number of phenolic OH excluding ortho intramolecular Hbond substituents is 1. The molecule has 12 heteroatoms. The largest absolute Gasteiger partial charge is 0.508 e. The Morgan fingerprint density at radius 1 is 0.975 bits per heavy atom. The predicted octanol–water partition coefficient (Wildman–Crippen LogP) is 5.02. The van der Waals surface area contributed by atoms with Crippen LogP contribution < -0.4 is 10.7 Å². The number of aromatic carboxylic acids is 1. The Kier molecular flexibility index (Phi) is 9.01. The Bertz CT molecular complexity index is 1630. The van der Waals surface area contributed by atoms with E-state index in [-0.39, 0.29) is 45.8 Å². The zero-order chi connectivity index (χ0) is 28.9. The van der Waals surface area contributed by atoms with Crippen LogP contribution in [0.3, 0.4) is 0 Å². The summed E-state index contributed by atoms with van der Waals surface area (Å²) in [5, 5.41) is 23.4. The molecule has 1 heterocycles. The highest BCUT2D eigenvalue weighted by atomic mass is 31.2. The van der Waals surface area contributed by atoms with Gasteiger partial charge in [-0.15, -0.1) is 0 Å². The Balaban J connectivity index is 1.62. The van der Waals surface area contributed by atoms with Crippen LogP contribution in [-0.4, -0.2) is 47.2 Å². The van der Waals surface area contributed by atoms with E-state index in [4.69, 9.17) is 8.94 Å². The topological polar surface area (TPSA) is 173 Å². The zero-order valence-electron chi connectivity index (χ0n) is 21.6. The number of nitrogens with one attached hydrogen (secondary N) is 1. The maximum absolute atomic E-state index is 13.4. The molecule has 1 atom stereocenters. The molecule has 0 saturated carbocycles. The maximum Gasteiger partial charge on any atom is 0.471 e. The number of phosphoric acid groups is 1. The predicted molar refractivity (Wildman–Crippen MR) is 147 cm³/mol. The molecule has 210 valence electrons. The van der Waals surface area contributed by atoms with E-state index < -0.39 is 19.7 Å². The molecule has 0 fully saturated rings. The van der Waals surface area contributed by atoms with Crippen LogP contribution in [0.5, 0.6) is 5.75 Å². The quantitative estimate of drug-likeness (QED) is 0.103. The van der Waals surface area contributed by atoms with Crippen LogP contribution >= 0.6 is 7.82 Å². The minimum Gasteiger partial charge on any atom is -0.508 e. The molecule has 4 N–H and O–H groups in total. The number of amides is 1. The third-order valence-corrected chi connectivity index (χ3v) is 7.28. The fourth-order valence-electron chi connectivity index (χ4n) is 4.43. The van der Waals surface area contributed by atoms with Crippen molar-refractivity contribution >= 4 is 30.7 Å². The number of carboxylic acid groups (broad SMARTS) is 1. The summed E-state index contributed by atoms with van der Waals surface area (Å²) < 4.78 is 26.3. The van der Waals surface area contributed by atoms with Gasteiger partial charge >= 0.3 is 13.8 Å². The minimum atomic E-state index is -3.99. The Labute approximate surface area is 228 Å². The monoisotopic (exact) mass is 569 g/mol. The van der Waals surface area contributed by atoms with Gasteiger partial charge in [-0.05, 0) is 49.2 Å². The smallest absolute Gasteiger partial charge is 0.471 e. The summed E-state index contributed by atoms with van der Waals surface area (Å²) in [4.78, 5) is 47.0. The van der Waals surface area contributed by atoms with E-state index in [1.165, 1.54) is 48.5 Å². The van der Waals surface area contributed by atoms with Gasteiger partial charge in [0.1, 0.15) is 17.1 Å². The van der Waals surface area contributed by atoms with Crippen molar-refractivity contribution in [2.75, 3.05) is 20.3 Å². The van der Waals surface area contributed by atoms with Crippen LogP contribution in [-0.2, 0) is 13.6 Å². The van der Waals surface area contributed by atoms with Gasteiger partial charge in [0.05, 0.1) is 12.2 Å². The lowest BCUT2D eigenvalue weighted by molar-refractivity contribution is 0.0697. The first-order chi connectivity index (χ1) is 19.1. The second-order valence-electron chi connectivity index (χ2n) is 9.00. The van der Waals surface area contributed by atoms with Crippen LogP contribution in [0.2, 0.25) is 0 Å². The molecule has 2 aromatic rings. The number of carbonyl (C=O) groups is 2.